The number of carbonyl (C=O) groups is 1. The number of rotatable bonds is 3. The van der Waals surface area contributed by atoms with Crippen molar-refractivity contribution in [1.29, 1.82) is 0 Å². The summed E-state index contributed by atoms with van der Waals surface area (Å²) in [6.45, 7) is 0.426. The fraction of sp³-hybridized carbons (Fsp3) is 0.143. The number of carbonyl (C=O) groups excluding carboxylic acids is 1. The minimum Gasteiger partial charge on any atom is -0.384 e. The van der Waals surface area contributed by atoms with E-state index in [1.54, 1.807) is 36.2 Å². The highest BCUT2D eigenvalue weighted by Crippen LogP contribution is 2.17. The van der Waals surface area contributed by atoms with E-state index in [9.17, 15) is 4.79 Å². The number of aromatic nitrogens is 1. The van der Waals surface area contributed by atoms with E-state index >= 15 is 0 Å². The van der Waals surface area contributed by atoms with Crippen molar-refractivity contribution in [3.05, 3.63) is 58.7 Å². The first-order valence-electron chi connectivity index (χ1n) is 5.79. The van der Waals surface area contributed by atoms with Crippen molar-refractivity contribution in [3.63, 3.8) is 0 Å². The molecule has 0 bridgehead atoms. The van der Waals surface area contributed by atoms with Gasteiger partial charge >= 0.3 is 0 Å². The first kappa shape index (κ1) is 13.4. The van der Waals surface area contributed by atoms with E-state index < -0.39 is 0 Å². The second kappa shape index (κ2) is 5.71. The molecule has 0 unspecified atom stereocenters. The molecule has 0 radical (unpaired) electrons. The zero-order valence-electron chi connectivity index (χ0n) is 10.5. The molecule has 5 heteroatoms. The first-order valence-corrected chi connectivity index (χ1v) is 6.17. The fourth-order valence-electron chi connectivity index (χ4n) is 1.72. The second-order valence-electron chi connectivity index (χ2n) is 4.20. The summed E-state index contributed by atoms with van der Waals surface area (Å²) in [4.78, 5) is 17.7. The molecule has 2 aromatic rings. The molecule has 1 aromatic heterocycles. The monoisotopic (exact) mass is 275 g/mol. The Labute approximate surface area is 116 Å². The van der Waals surface area contributed by atoms with E-state index in [1.165, 1.54) is 0 Å². The normalized spacial score (nSPS) is 10.2. The van der Waals surface area contributed by atoms with Crippen LogP contribution in [0.15, 0.2) is 42.5 Å². The molecule has 0 aliphatic heterocycles. The van der Waals surface area contributed by atoms with Crippen molar-refractivity contribution in [2.75, 3.05) is 12.8 Å². The van der Waals surface area contributed by atoms with Crippen LogP contribution in [-0.2, 0) is 6.54 Å². The zero-order valence-corrected chi connectivity index (χ0v) is 11.3. The summed E-state index contributed by atoms with van der Waals surface area (Å²) < 4.78 is 0. The highest BCUT2D eigenvalue weighted by atomic mass is 35.5. The van der Waals surface area contributed by atoms with Crippen LogP contribution in [0.25, 0.3) is 0 Å². The molecule has 0 spiro atoms. The van der Waals surface area contributed by atoms with Crippen LogP contribution in [0.5, 0.6) is 0 Å². The molecular weight excluding hydrogens is 262 g/mol. The van der Waals surface area contributed by atoms with Crippen molar-refractivity contribution in [3.8, 4) is 0 Å². The quantitative estimate of drug-likeness (QED) is 0.937. The van der Waals surface area contributed by atoms with Gasteiger partial charge in [0.05, 0.1) is 0 Å². The number of nitrogens with zero attached hydrogens (tertiary/aromatic N) is 2. The number of hydrogen-bond donors (Lipinski definition) is 1. The molecule has 0 aliphatic carbocycles. The predicted molar refractivity (Wildman–Crippen MR) is 75.9 cm³/mol. The van der Waals surface area contributed by atoms with E-state index in [0.717, 1.165) is 5.56 Å². The topological polar surface area (TPSA) is 59.2 Å². The van der Waals surface area contributed by atoms with Crippen molar-refractivity contribution >= 4 is 23.3 Å². The van der Waals surface area contributed by atoms with Gasteiger partial charge in [-0.15, -0.1) is 0 Å². The second-order valence-corrected chi connectivity index (χ2v) is 4.61. The van der Waals surface area contributed by atoms with Gasteiger partial charge in [-0.25, -0.2) is 4.98 Å². The third kappa shape index (κ3) is 3.23. The van der Waals surface area contributed by atoms with Gasteiger partial charge in [0, 0.05) is 18.6 Å². The van der Waals surface area contributed by atoms with E-state index in [-0.39, 0.29) is 5.91 Å². The lowest BCUT2D eigenvalue weighted by molar-refractivity contribution is 0.0779. The highest BCUT2D eigenvalue weighted by Gasteiger charge is 2.14. The molecule has 98 valence electrons. The number of benzene rings is 1. The lowest BCUT2D eigenvalue weighted by Crippen LogP contribution is -2.27. The van der Waals surface area contributed by atoms with Crippen molar-refractivity contribution in [1.82, 2.24) is 9.88 Å². The van der Waals surface area contributed by atoms with Crippen LogP contribution in [0.3, 0.4) is 0 Å². The van der Waals surface area contributed by atoms with E-state index in [0.29, 0.717) is 23.1 Å². The summed E-state index contributed by atoms with van der Waals surface area (Å²) in [6, 6.07) is 12.4. The van der Waals surface area contributed by atoms with Gasteiger partial charge in [0.25, 0.3) is 5.91 Å². The van der Waals surface area contributed by atoms with Crippen LogP contribution in [0.4, 0.5) is 5.82 Å². The molecule has 4 nitrogen and oxygen atoms in total. The Morgan fingerprint density at radius 3 is 2.68 bits per heavy atom. The summed E-state index contributed by atoms with van der Waals surface area (Å²) >= 11 is 6.07. The van der Waals surface area contributed by atoms with Gasteiger partial charge in [-0.2, -0.15) is 0 Å². The van der Waals surface area contributed by atoms with E-state index in [1.807, 2.05) is 18.2 Å². The van der Waals surface area contributed by atoms with Crippen molar-refractivity contribution in [2.24, 2.45) is 0 Å². The maximum Gasteiger partial charge on any atom is 0.272 e. The molecule has 0 saturated heterocycles. The van der Waals surface area contributed by atoms with Crippen LogP contribution in [-0.4, -0.2) is 22.8 Å². The summed E-state index contributed by atoms with van der Waals surface area (Å²) in [5.41, 5.74) is 6.79. The third-order valence-corrected chi connectivity index (χ3v) is 3.07. The number of anilines is 1. The summed E-state index contributed by atoms with van der Waals surface area (Å²) in [5, 5.41) is 0.641. The Bertz CT molecular complexity index is 601. The van der Waals surface area contributed by atoms with Gasteiger partial charge in [0.2, 0.25) is 0 Å². The predicted octanol–water partition coefficient (Wildman–Crippen LogP) is 2.59. The van der Waals surface area contributed by atoms with Crippen LogP contribution < -0.4 is 5.73 Å². The molecule has 0 saturated carbocycles. The largest absolute Gasteiger partial charge is 0.384 e. The number of halogens is 1. The molecule has 1 heterocycles. The number of pyridine rings is 1. The van der Waals surface area contributed by atoms with Gasteiger partial charge in [-0.3, -0.25) is 4.79 Å². The minimum absolute atomic E-state index is 0.188. The summed E-state index contributed by atoms with van der Waals surface area (Å²) in [6.07, 6.45) is 0. The van der Waals surface area contributed by atoms with Gasteiger partial charge in [0.15, 0.2) is 0 Å². The molecule has 2 N–H and O–H groups in total. The van der Waals surface area contributed by atoms with Gasteiger partial charge in [0.1, 0.15) is 11.5 Å². The SMILES string of the molecule is CN(Cc1ccccc1Cl)C(=O)c1cccc(N)n1. The maximum atomic E-state index is 12.2. The Balaban J connectivity index is 2.14. The molecule has 1 amide bonds. The average molecular weight is 276 g/mol. The Kier molecular flexibility index (Phi) is 4.02. The molecule has 1 aromatic carbocycles. The van der Waals surface area contributed by atoms with Crippen LogP contribution in [0.2, 0.25) is 5.02 Å². The Morgan fingerprint density at radius 2 is 2.00 bits per heavy atom. The number of hydrogen-bond acceptors (Lipinski definition) is 3. The summed E-state index contributed by atoms with van der Waals surface area (Å²) in [7, 11) is 1.70. The first-order chi connectivity index (χ1) is 9.08. The standard InChI is InChI=1S/C14H14ClN3O/c1-18(9-10-5-2-3-6-11(10)15)14(19)12-7-4-8-13(16)17-12/h2-8H,9H2,1H3,(H2,16,17). The van der Waals surface area contributed by atoms with Gasteiger partial charge < -0.3 is 10.6 Å². The lowest BCUT2D eigenvalue weighted by atomic mass is 10.2. The lowest BCUT2D eigenvalue weighted by Gasteiger charge is -2.17. The number of nitrogens with two attached hydrogens (primary N) is 1. The number of amides is 1. The smallest absolute Gasteiger partial charge is 0.272 e. The zero-order chi connectivity index (χ0) is 13.8. The van der Waals surface area contributed by atoms with Crippen LogP contribution in [0.1, 0.15) is 16.1 Å². The van der Waals surface area contributed by atoms with Crippen molar-refractivity contribution in [2.45, 2.75) is 6.54 Å². The van der Waals surface area contributed by atoms with Crippen molar-refractivity contribution < 1.29 is 4.79 Å². The van der Waals surface area contributed by atoms with E-state index in [2.05, 4.69) is 4.98 Å². The average Bonchev–Trinajstić information content (AvgIpc) is 2.40. The molecule has 2 rings (SSSR count). The fourth-order valence-corrected chi connectivity index (χ4v) is 1.92. The summed E-state index contributed by atoms with van der Waals surface area (Å²) in [5.74, 6) is 0.143. The van der Waals surface area contributed by atoms with Gasteiger partial charge in [-0.05, 0) is 23.8 Å². The molecular formula is C14H14ClN3O. The highest BCUT2D eigenvalue weighted by molar-refractivity contribution is 6.31. The molecule has 19 heavy (non-hydrogen) atoms. The molecule has 0 atom stereocenters. The van der Waals surface area contributed by atoms with Crippen LogP contribution >= 0.6 is 11.6 Å². The number of nitrogen functional groups attached to an aromatic ring is 1. The Morgan fingerprint density at radius 1 is 1.26 bits per heavy atom. The van der Waals surface area contributed by atoms with Crippen LogP contribution in [0, 0.1) is 0 Å². The molecule has 0 fully saturated rings. The maximum absolute atomic E-state index is 12.2. The Hall–Kier alpha value is -2.07. The van der Waals surface area contributed by atoms with Gasteiger partial charge in [-0.1, -0.05) is 35.9 Å². The van der Waals surface area contributed by atoms with E-state index in [4.69, 9.17) is 17.3 Å². The molecule has 0 aliphatic rings. The minimum atomic E-state index is -0.188. The third-order valence-electron chi connectivity index (χ3n) is 2.70.